The first kappa shape index (κ1) is 16.6. The van der Waals surface area contributed by atoms with Crippen molar-refractivity contribution in [1.82, 2.24) is 19.9 Å². The van der Waals surface area contributed by atoms with Gasteiger partial charge in [-0.3, -0.25) is 9.36 Å². The summed E-state index contributed by atoms with van der Waals surface area (Å²) in [4.78, 5) is 20.4. The van der Waals surface area contributed by atoms with Crippen LogP contribution < -0.4 is 10.1 Å². The molecule has 0 fully saturated rings. The zero-order valence-corrected chi connectivity index (χ0v) is 13.6. The van der Waals surface area contributed by atoms with Crippen LogP contribution in [0.3, 0.4) is 0 Å². The van der Waals surface area contributed by atoms with Gasteiger partial charge in [-0.1, -0.05) is 6.07 Å². The SMILES string of the molecule is CC(Oc1ccc(F)cc1)C(=O)NCc1ccc(-n2ccnc2)nc1. The fourth-order valence-corrected chi connectivity index (χ4v) is 2.17. The van der Waals surface area contributed by atoms with Crippen molar-refractivity contribution in [3.63, 3.8) is 0 Å². The molecule has 0 aliphatic carbocycles. The lowest BCUT2D eigenvalue weighted by Gasteiger charge is -2.14. The molecule has 3 aromatic rings. The third-order valence-electron chi connectivity index (χ3n) is 3.54. The van der Waals surface area contributed by atoms with E-state index in [9.17, 15) is 9.18 Å². The number of carbonyl (C=O) groups excluding carboxylic acids is 1. The van der Waals surface area contributed by atoms with Crippen molar-refractivity contribution in [3.05, 3.63) is 72.7 Å². The molecule has 0 bridgehead atoms. The van der Waals surface area contributed by atoms with Crippen LogP contribution >= 0.6 is 0 Å². The number of carbonyl (C=O) groups is 1. The van der Waals surface area contributed by atoms with Crippen molar-refractivity contribution in [2.24, 2.45) is 0 Å². The van der Waals surface area contributed by atoms with Gasteiger partial charge >= 0.3 is 0 Å². The van der Waals surface area contributed by atoms with Gasteiger partial charge < -0.3 is 10.1 Å². The fraction of sp³-hybridized carbons (Fsp3) is 0.167. The van der Waals surface area contributed by atoms with E-state index in [0.29, 0.717) is 12.3 Å². The first-order valence-corrected chi connectivity index (χ1v) is 7.75. The van der Waals surface area contributed by atoms with Gasteiger partial charge in [-0.05, 0) is 42.8 Å². The van der Waals surface area contributed by atoms with E-state index >= 15 is 0 Å². The van der Waals surface area contributed by atoms with Crippen LogP contribution in [0.25, 0.3) is 5.82 Å². The molecular weight excluding hydrogens is 323 g/mol. The summed E-state index contributed by atoms with van der Waals surface area (Å²) in [6.45, 7) is 1.98. The van der Waals surface area contributed by atoms with E-state index in [1.807, 2.05) is 12.1 Å². The van der Waals surface area contributed by atoms with Crippen molar-refractivity contribution >= 4 is 5.91 Å². The first-order valence-electron chi connectivity index (χ1n) is 7.75. The van der Waals surface area contributed by atoms with E-state index in [1.54, 1.807) is 36.4 Å². The molecule has 0 saturated carbocycles. The Bertz CT molecular complexity index is 817. The molecule has 1 aromatic carbocycles. The number of nitrogens with one attached hydrogen (secondary N) is 1. The largest absolute Gasteiger partial charge is 0.481 e. The average Bonchev–Trinajstić information content (AvgIpc) is 3.16. The first-order chi connectivity index (χ1) is 12.1. The second-order valence-electron chi connectivity index (χ2n) is 5.43. The third kappa shape index (κ3) is 4.41. The minimum Gasteiger partial charge on any atom is -0.481 e. The number of pyridine rings is 1. The lowest BCUT2D eigenvalue weighted by molar-refractivity contribution is -0.127. The Balaban J connectivity index is 1.52. The molecule has 0 aliphatic rings. The number of amides is 1. The number of halogens is 1. The molecule has 128 valence electrons. The quantitative estimate of drug-likeness (QED) is 0.748. The summed E-state index contributed by atoms with van der Waals surface area (Å²) in [5, 5.41) is 2.79. The summed E-state index contributed by atoms with van der Waals surface area (Å²) in [7, 11) is 0. The van der Waals surface area contributed by atoms with Crippen LogP contribution in [0.5, 0.6) is 5.75 Å². The third-order valence-corrected chi connectivity index (χ3v) is 3.54. The minimum atomic E-state index is -0.691. The summed E-state index contributed by atoms with van der Waals surface area (Å²) in [5.74, 6) is 0.579. The minimum absolute atomic E-state index is 0.261. The van der Waals surface area contributed by atoms with E-state index in [0.717, 1.165) is 11.4 Å². The Hall–Kier alpha value is -3.22. The van der Waals surface area contributed by atoms with Crippen molar-refractivity contribution in [1.29, 1.82) is 0 Å². The summed E-state index contributed by atoms with van der Waals surface area (Å²) in [5.41, 5.74) is 0.867. The van der Waals surface area contributed by atoms with Gasteiger partial charge in [-0.2, -0.15) is 0 Å². The van der Waals surface area contributed by atoms with Crippen molar-refractivity contribution in [2.45, 2.75) is 19.6 Å². The van der Waals surface area contributed by atoms with Gasteiger partial charge in [0.25, 0.3) is 5.91 Å². The molecule has 1 atom stereocenters. The predicted octanol–water partition coefficient (Wildman–Crippen LogP) is 2.49. The molecule has 6 nitrogen and oxygen atoms in total. The molecule has 3 rings (SSSR count). The standard InChI is InChI=1S/C18H17FN4O2/c1-13(25-16-5-3-15(19)4-6-16)18(24)22-11-14-2-7-17(21-10-14)23-9-8-20-12-23/h2-10,12-13H,11H2,1H3,(H,22,24). The maximum absolute atomic E-state index is 12.9. The number of nitrogens with zero attached hydrogens (tertiary/aromatic N) is 3. The molecule has 7 heteroatoms. The monoisotopic (exact) mass is 340 g/mol. The van der Waals surface area contributed by atoms with Crippen molar-refractivity contribution in [2.75, 3.05) is 0 Å². The van der Waals surface area contributed by atoms with E-state index in [1.165, 1.54) is 24.3 Å². The highest BCUT2D eigenvalue weighted by molar-refractivity contribution is 5.80. The maximum Gasteiger partial charge on any atom is 0.261 e. The van der Waals surface area contributed by atoms with Crippen LogP contribution in [-0.4, -0.2) is 26.5 Å². The highest BCUT2D eigenvalue weighted by Crippen LogP contribution is 2.13. The highest BCUT2D eigenvalue weighted by atomic mass is 19.1. The van der Waals surface area contributed by atoms with E-state index in [2.05, 4.69) is 15.3 Å². The zero-order valence-electron chi connectivity index (χ0n) is 13.6. The number of hydrogen-bond donors (Lipinski definition) is 1. The number of ether oxygens (including phenoxy) is 1. The molecular formula is C18H17FN4O2. The van der Waals surface area contributed by atoms with Gasteiger partial charge in [0.15, 0.2) is 6.10 Å². The highest BCUT2D eigenvalue weighted by Gasteiger charge is 2.14. The van der Waals surface area contributed by atoms with Crippen molar-refractivity contribution < 1.29 is 13.9 Å². The van der Waals surface area contributed by atoms with Gasteiger partial charge in [-0.25, -0.2) is 14.4 Å². The normalized spacial score (nSPS) is 11.8. The van der Waals surface area contributed by atoms with Crippen LogP contribution in [0.4, 0.5) is 4.39 Å². The Morgan fingerprint density at radius 1 is 1.28 bits per heavy atom. The molecule has 2 heterocycles. The van der Waals surface area contributed by atoms with Gasteiger partial charge in [0, 0.05) is 25.1 Å². The molecule has 0 aliphatic heterocycles. The molecule has 2 aromatic heterocycles. The fourth-order valence-electron chi connectivity index (χ4n) is 2.17. The molecule has 1 N–H and O–H groups in total. The van der Waals surface area contributed by atoms with Crippen LogP contribution in [0.1, 0.15) is 12.5 Å². The lowest BCUT2D eigenvalue weighted by atomic mass is 10.2. The zero-order chi connectivity index (χ0) is 17.6. The Morgan fingerprint density at radius 2 is 2.08 bits per heavy atom. The summed E-state index contributed by atoms with van der Waals surface area (Å²) in [6, 6.07) is 9.27. The molecule has 0 radical (unpaired) electrons. The second-order valence-corrected chi connectivity index (χ2v) is 5.43. The van der Waals surface area contributed by atoms with Gasteiger partial charge in [0.1, 0.15) is 23.7 Å². The Labute approximate surface area is 144 Å². The second kappa shape index (κ2) is 7.57. The molecule has 1 unspecified atom stereocenters. The average molecular weight is 340 g/mol. The van der Waals surface area contributed by atoms with E-state index < -0.39 is 6.10 Å². The Morgan fingerprint density at radius 3 is 2.72 bits per heavy atom. The van der Waals surface area contributed by atoms with Crippen LogP contribution in [0, 0.1) is 5.82 Å². The number of benzene rings is 1. The molecule has 0 spiro atoms. The Kier molecular flexibility index (Phi) is 5.03. The summed E-state index contributed by atoms with van der Waals surface area (Å²) < 4.78 is 20.1. The van der Waals surface area contributed by atoms with Crippen LogP contribution in [0.2, 0.25) is 0 Å². The number of rotatable bonds is 6. The van der Waals surface area contributed by atoms with E-state index in [4.69, 9.17) is 4.74 Å². The van der Waals surface area contributed by atoms with Crippen LogP contribution in [0.15, 0.2) is 61.3 Å². The maximum atomic E-state index is 12.9. The summed E-state index contributed by atoms with van der Waals surface area (Å²) in [6.07, 6.45) is 6.15. The van der Waals surface area contributed by atoms with Gasteiger partial charge in [0.2, 0.25) is 0 Å². The summed E-state index contributed by atoms with van der Waals surface area (Å²) >= 11 is 0. The lowest BCUT2D eigenvalue weighted by Crippen LogP contribution is -2.35. The molecule has 25 heavy (non-hydrogen) atoms. The number of aromatic nitrogens is 3. The molecule has 1 amide bonds. The van der Waals surface area contributed by atoms with Gasteiger partial charge in [0.05, 0.1) is 0 Å². The number of imidazole rings is 1. The predicted molar refractivity (Wildman–Crippen MR) is 89.7 cm³/mol. The molecule has 0 saturated heterocycles. The van der Waals surface area contributed by atoms with Crippen LogP contribution in [-0.2, 0) is 11.3 Å². The smallest absolute Gasteiger partial charge is 0.261 e. The topological polar surface area (TPSA) is 69.0 Å². The van der Waals surface area contributed by atoms with E-state index in [-0.39, 0.29) is 11.7 Å². The number of hydrogen-bond acceptors (Lipinski definition) is 4. The van der Waals surface area contributed by atoms with Crippen molar-refractivity contribution in [3.8, 4) is 11.6 Å². The van der Waals surface area contributed by atoms with Gasteiger partial charge in [-0.15, -0.1) is 0 Å².